The van der Waals surface area contributed by atoms with Gasteiger partial charge in [-0.1, -0.05) is 36.3 Å². The summed E-state index contributed by atoms with van der Waals surface area (Å²) in [5.41, 5.74) is 8.22. The van der Waals surface area contributed by atoms with Crippen LogP contribution in [0, 0.1) is 11.8 Å². The first-order chi connectivity index (χ1) is 19.0. The van der Waals surface area contributed by atoms with E-state index in [1.807, 2.05) is 66.9 Å². The Morgan fingerprint density at radius 1 is 1.05 bits per heavy atom. The molecule has 6 aromatic rings. The predicted octanol–water partition coefficient (Wildman–Crippen LogP) is 3.96. The number of hydrogen-bond donors (Lipinski definition) is 2. The van der Waals surface area contributed by atoms with Gasteiger partial charge in [-0.25, -0.2) is 14.5 Å². The van der Waals surface area contributed by atoms with Crippen LogP contribution in [0.1, 0.15) is 39.6 Å². The molecule has 0 fully saturated rings. The zero-order valence-corrected chi connectivity index (χ0v) is 21.5. The van der Waals surface area contributed by atoms with Gasteiger partial charge in [0.15, 0.2) is 16.5 Å². The lowest BCUT2D eigenvalue weighted by atomic mass is 10.0. The van der Waals surface area contributed by atoms with E-state index in [0.29, 0.717) is 38.4 Å². The summed E-state index contributed by atoms with van der Waals surface area (Å²) in [7, 11) is 0. The second-order valence-corrected chi connectivity index (χ2v) is 9.64. The van der Waals surface area contributed by atoms with E-state index < -0.39 is 11.9 Å². The van der Waals surface area contributed by atoms with Crippen LogP contribution in [0.3, 0.4) is 0 Å². The van der Waals surface area contributed by atoms with Crippen molar-refractivity contribution in [1.29, 1.82) is 0 Å². The molecule has 0 spiro atoms. The lowest BCUT2D eigenvalue weighted by Gasteiger charge is -2.21. The van der Waals surface area contributed by atoms with E-state index in [-0.39, 0.29) is 16.9 Å². The number of para-hydroxylation sites is 1. The average Bonchev–Trinajstić information content (AvgIpc) is 3.59. The third-order valence-electron chi connectivity index (χ3n) is 6.27. The quantitative estimate of drug-likeness (QED) is 0.332. The number of nitrogens with two attached hydrogens (primary N) is 1. The second-order valence-electron chi connectivity index (χ2n) is 8.75. The van der Waals surface area contributed by atoms with Crippen LogP contribution >= 0.6 is 11.3 Å². The number of rotatable bonds is 4. The first-order valence-corrected chi connectivity index (χ1v) is 12.9. The summed E-state index contributed by atoms with van der Waals surface area (Å²) in [4.78, 5) is 36.0. The average molecular weight is 532 g/mol. The van der Waals surface area contributed by atoms with Gasteiger partial charge in [0.25, 0.3) is 11.5 Å². The highest BCUT2D eigenvalue weighted by Gasteiger charge is 2.23. The number of aromatic nitrogens is 5. The highest BCUT2D eigenvalue weighted by molar-refractivity contribution is 7.10. The van der Waals surface area contributed by atoms with E-state index >= 15 is 0 Å². The van der Waals surface area contributed by atoms with Gasteiger partial charge in [-0.3, -0.25) is 14.2 Å². The van der Waals surface area contributed by atoms with E-state index in [4.69, 9.17) is 5.73 Å². The van der Waals surface area contributed by atoms with Crippen LogP contribution in [-0.2, 0) is 0 Å². The SMILES string of the molecule is CC(NC(=O)c1c(N)nn2cccnc12)c1cc2cccc(C#Cc3nccs3)c2c(=O)n1-c1ccccc1. The molecule has 1 atom stereocenters. The summed E-state index contributed by atoms with van der Waals surface area (Å²) in [6.45, 7) is 1.82. The molecule has 2 aromatic carbocycles. The third kappa shape index (κ3) is 4.41. The van der Waals surface area contributed by atoms with Crippen LogP contribution < -0.4 is 16.6 Å². The van der Waals surface area contributed by atoms with Crippen molar-refractivity contribution in [2.45, 2.75) is 13.0 Å². The van der Waals surface area contributed by atoms with Gasteiger partial charge in [-0.05, 0) is 48.6 Å². The maximum absolute atomic E-state index is 14.1. The van der Waals surface area contributed by atoms with E-state index in [1.54, 1.807) is 29.2 Å². The number of hydrogen-bond acceptors (Lipinski definition) is 7. The van der Waals surface area contributed by atoms with Crippen LogP contribution in [0.15, 0.2) is 89.4 Å². The summed E-state index contributed by atoms with van der Waals surface area (Å²) in [6.07, 6.45) is 4.94. The largest absolute Gasteiger partial charge is 0.381 e. The van der Waals surface area contributed by atoms with Crippen molar-refractivity contribution in [3.8, 4) is 17.5 Å². The molecular formula is C29H21N7O2S. The molecular weight excluding hydrogens is 510 g/mol. The Labute approximate surface area is 226 Å². The fourth-order valence-electron chi connectivity index (χ4n) is 4.52. The van der Waals surface area contributed by atoms with Crippen molar-refractivity contribution in [1.82, 2.24) is 29.5 Å². The summed E-state index contributed by atoms with van der Waals surface area (Å²) in [6, 6.07) is 17.9. The standard InChI is InChI=1S/C29H21N7O2S/c1-18(33-28(37)25-26(30)34-35-15-6-13-32-27(25)35)22-17-20-8-5-7-19(11-12-23-31-14-16-39-23)24(20)29(38)36(22)21-9-3-2-4-10-21/h2-10,13-18H,1H3,(H2,30,34)(H,33,37). The highest BCUT2D eigenvalue weighted by atomic mass is 32.1. The normalized spacial score (nSPS) is 11.7. The monoisotopic (exact) mass is 531 g/mol. The van der Waals surface area contributed by atoms with Gasteiger partial charge in [0.1, 0.15) is 5.56 Å². The van der Waals surface area contributed by atoms with Crippen molar-refractivity contribution in [2.24, 2.45) is 0 Å². The number of amides is 1. The van der Waals surface area contributed by atoms with E-state index in [2.05, 4.69) is 32.2 Å². The smallest absolute Gasteiger partial charge is 0.264 e. The molecule has 1 amide bonds. The molecule has 1 unspecified atom stereocenters. The van der Waals surface area contributed by atoms with Crippen LogP contribution in [0.5, 0.6) is 0 Å². The Morgan fingerprint density at radius 2 is 1.90 bits per heavy atom. The van der Waals surface area contributed by atoms with E-state index in [9.17, 15) is 9.59 Å². The van der Waals surface area contributed by atoms with Gasteiger partial charge in [0, 0.05) is 40.9 Å². The van der Waals surface area contributed by atoms with Crippen molar-refractivity contribution in [2.75, 3.05) is 5.73 Å². The molecule has 9 nitrogen and oxygen atoms in total. The fourth-order valence-corrected chi connectivity index (χ4v) is 5.00. The topological polar surface area (TPSA) is 120 Å². The van der Waals surface area contributed by atoms with Crippen molar-refractivity contribution in [3.05, 3.63) is 117 Å². The van der Waals surface area contributed by atoms with Crippen molar-refractivity contribution >= 4 is 39.5 Å². The molecule has 0 saturated heterocycles. The molecule has 0 aliphatic heterocycles. The van der Waals surface area contributed by atoms with Crippen molar-refractivity contribution in [3.63, 3.8) is 0 Å². The molecule has 190 valence electrons. The Balaban J connectivity index is 1.48. The number of thiazole rings is 1. The first-order valence-electron chi connectivity index (χ1n) is 12.1. The summed E-state index contributed by atoms with van der Waals surface area (Å²) in [5.74, 6) is 5.79. The molecule has 0 aliphatic carbocycles. The van der Waals surface area contributed by atoms with Gasteiger partial charge in [-0.2, -0.15) is 0 Å². The number of nitrogens with zero attached hydrogens (tertiary/aromatic N) is 5. The molecule has 4 heterocycles. The lowest BCUT2D eigenvalue weighted by Crippen LogP contribution is -2.32. The number of benzene rings is 2. The van der Waals surface area contributed by atoms with Crippen LogP contribution in [0.25, 0.3) is 22.1 Å². The summed E-state index contributed by atoms with van der Waals surface area (Å²) < 4.78 is 3.07. The summed E-state index contributed by atoms with van der Waals surface area (Å²) in [5, 5.41) is 10.9. The van der Waals surface area contributed by atoms with Crippen molar-refractivity contribution < 1.29 is 4.79 Å². The molecule has 3 N–H and O–H groups in total. The molecule has 0 saturated carbocycles. The van der Waals surface area contributed by atoms with Gasteiger partial charge >= 0.3 is 0 Å². The Morgan fingerprint density at radius 3 is 2.69 bits per heavy atom. The van der Waals surface area contributed by atoms with Gasteiger partial charge in [-0.15, -0.1) is 16.4 Å². The maximum atomic E-state index is 14.1. The molecule has 0 aliphatic rings. The highest BCUT2D eigenvalue weighted by Crippen LogP contribution is 2.24. The fraction of sp³-hybridized carbons (Fsp3) is 0.0690. The van der Waals surface area contributed by atoms with Gasteiger partial charge in [0.2, 0.25) is 0 Å². The molecule has 4 aromatic heterocycles. The van der Waals surface area contributed by atoms with Crippen LogP contribution in [-0.4, -0.2) is 30.1 Å². The number of pyridine rings is 1. The Hall–Kier alpha value is -5.27. The molecule has 10 heteroatoms. The lowest BCUT2D eigenvalue weighted by molar-refractivity contribution is 0.0941. The second kappa shape index (κ2) is 9.89. The molecule has 39 heavy (non-hydrogen) atoms. The molecule has 0 radical (unpaired) electrons. The predicted molar refractivity (Wildman–Crippen MR) is 151 cm³/mol. The first kappa shape index (κ1) is 24.1. The number of nitrogen functional groups attached to an aromatic ring is 1. The Kier molecular flexibility index (Phi) is 6.11. The summed E-state index contributed by atoms with van der Waals surface area (Å²) >= 11 is 1.44. The van der Waals surface area contributed by atoms with Gasteiger partial charge < -0.3 is 11.1 Å². The minimum atomic E-state index is -0.571. The van der Waals surface area contributed by atoms with E-state index in [1.165, 1.54) is 15.9 Å². The zero-order valence-electron chi connectivity index (χ0n) is 20.7. The zero-order chi connectivity index (χ0) is 26.9. The minimum Gasteiger partial charge on any atom is -0.381 e. The number of fused-ring (bicyclic) bond motifs is 2. The van der Waals surface area contributed by atoms with Gasteiger partial charge in [0.05, 0.1) is 11.4 Å². The minimum absolute atomic E-state index is 0.0702. The molecule has 0 bridgehead atoms. The number of nitrogens with one attached hydrogen (secondary N) is 1. The molecule has 6 rings (SSSR count). The van der Waals surface area contributed by atoms with E-state index in [0.717, 1.165) is 0 Å². The maximum Gasteiger partial charge on any atom is 0.264 e. The number of carbonyl (C=O) groups excluding carboxylic acids is 1. The number of carbonyl (C=O) groups is 1. The van der Waals surface area contributed by atoms with Crippen LogP contribution in [0.2, 0.25) is 0 Å². The van der Waals surface area contributed by atoms with Crippen LogP contribution in [0.4, 0.5) is 5.82 Å². The number of anilines is 1. The Bertz CT molecular complexity index is 1970. The third-order valence-corrected chi connectivity index (χ3v) is 6.96.